The van der Waals surface area contributed by atoms with Crippen molar-refractivity contribution < 1.29 is 4.74 Å². The molecule has 1 aromatic carbocycles. The van der Waals surface area contributed by atoms with Gasteiger partial charge in [0.25, 0.3) is 0 Å². The smallest absolute Gasteiger partial charge is 0.119 e. The highest BCUT2D eigenvalue weighted by molar-refractivity contribution is 5.45. The predicted molar refractivity (Wildman–Crippen MR) is 56.3 cm³/mol. The van der Waals surface area contributed by atoms with Crippen LogP contribution in [0.15, 0.2) is 24.3 Å². The lowest BCUT2D eigenvalue weighted by atomic mass is 10.2. The molecular weight excluding hydrogens is 176 g/mol. The highest BCUT2D eigenvalue weighted by Gasteiger charge is 2.00. The van der Waals surface area contributed by atoms with Crippen LogP contribution in [0.4, 0.5) is 5.69 Å². The fraction of sp³-hybridized carbons (Fsp3) is 0.364. The Balaban J connectivity index is 2.48. The van der Waals surface area contributed by atoms with Gasteiger partial charge < -0.3 is 10.1 Å². The third-order valence-corrected chi connectivity index (χ3v) is 1.86. The van der Waals surface area contributed by atoms with Gasteiger partial charge in [0, 0.05) is 12.7 Å². The third-order valence-electron chi connectivity index (χ3n) is 1.86. The Morgan fingerprint density at radius 3 is 2.57 bits per heavy atom. The van der Waals surface area contributed by atoms with Crippen molar-refractivity contribution in [3.05, 3.63) is 24.3 Å². The largest absolute Gasteiger partial charge is 0.492 e. The Morgan fingerprint density at radius 1 is 1.43 bits per heavy atom. The summed E-state index contributed by atoms with van der Waals surface area (Å²) in [6, 6.07) is 9.76. The average Bonchev–Trinajstić information content (AvgIpc) is 2.26. The van der Waals surface area contributed by atoms with E-state index in [-0.39, 0.29) is 5.92 Å². The normalized spacial score (nSPS) is 11.5. The van der Waals surface area contributed by atoms with E-state index >= 15 is 0 Å². The number of nitrogens with one attached hydrogen (secondary N) is 1. The highest BCUT2D eigenvalue weighted by atomic mass is 16.5. The van der Waals surface area contributed by atoms with Gasteiger partial charge in [0.1, 0.15) is 12.4 Å². The summed E-state index contributed by atoms with van der Waals surface area (Å²) in [5.74, 6) is 0.727. The van der Waals surface area contributed by atoms with E-state index < -0.39 is 0 Å². The second-order valence-corrected chi connectivity index (χ2v) is 3.12. The molecule has 0 radical (unpaired) electrons. The van der Waals surface area contributed by atoms with Crippen LogP contribution in [0, 0.1) is 17.2 Å². The quantitative estimate of drug-likeness (QED) is 0.792. The van der Waals surface area contributed by atoms with Gasteiger partial charge in [-0.1, -0.05) is 0 Å². The molecule has 0 spiro atoms. The molecule has 0 saturated heterocycles. The zero-order valence-electron chi connectivity index (χ0n) is 8.45. The number of benzene rings is 1. The molecule has 0 saturated carbocycles. The van der Waals surface area contributed by atoms with Gasteiger partial charge >= 0.3 is 0 Å². The lowest BCUT2D eigenvalue weighted by molar-refractivity contribution is 0.288. The van der Waals surface area contributed by atoms with Gasteiger partial charge in [0.05, 0.1) is 12.0 Å². The maximum Gasteiger partial charge on any atom is 0.119 e. The first-order chi connectivity index (χ1) is 6.76. The first kappa shape index (κ1) is 10.4. The van der Waals surface area contributed by atoms with E-state index in [9.17, 15) is 0 Å². The van der Waals surface area contributed by atoms with Gasteiger partial charge in [-0.25, -0.2) is 0 Å². The van der Waals surface area contributed by atoms with Crippen molar-refractivity contribution in [3.63, 3.8) is 0 Å². The standard InChI is InChI=1S/C11H14N2O/c1-9(7-12)8-14-11-5-3-10(13-2)4-6-11/h3-6,9,13H,8H2,1-2H3. The number of hydrogen-bond donors (Lipinski definition) is 1. The van der Waals surface area contributed by atoms with Crippen LogP contribution < -0.4 is 10.1 Å². The van der Waals surface area contributed by atoms with E-state index in [1.54, 1.807) is 0 Å². The molecule has 14 heavy (non-hydrogen) atoms. The van der Waals surface area contributed by atoms with E-state index in [0.717, 1.165) is 11.4 Å². The summed E-state index contributed by atoms with van der Waals surface area (Å²) in [5, 5.41) is 11.6. The number of ether oxygens (including phenoxy) is 1. The average molecular weight is 190 g/mol. The van der Waals surface area contributed by atoms with Crippen LogP contribution in [-0.4, -0.2) is 13.7 Å². The SMILES string of the molecule is CNc1ccc(OCC(C)C#N)cc1. The minimum absolute atomic E-state index is 0.0704. The zero-order valence-corrected chi connectivity index (χ0v) is 8.45. The lowest BCUT2D eigenvalue weighted by Gasteiger charge is -2.07. The minimum atomic E-state index is -0.0704. The summed E-state index contributed by atoms with van der Waals surface area (Å²) < 4.78 is 5.41. The first-order valence-electron chi connectivity index (χ1n) is 4.56. The molecule has 0 aliphatic carbocycles. The van der Waals surface area contributed by atoms with Gasteiger partial charge in [-0.2, -0.15) is 5.26 Å². The number of nitrogens with zero attached hydrogens (tertiary/aromatic N) is 1. The number of nitriles is 1. The fourth-order valence-electron chi connectivity index (χ4n) is 0.976. The summed E-state index contributed by atoms with van der Waals surface area (Å²) in [5.41, 5.74) is 1.05. The maximum atomic E-state index is 8.55. The van der Waals surface area contributed by atoms with Crippen molar-refractivity contribution in [2.24, 2.45) is 5.92 Å². The molecule has 0 bridgehead atoms. The van der Waals surface area contributed by atoms with Crippen molar-refractivity contribution >= 4 is 5.69 Å². The van der Waals surface area contributed by atoms with E-state index in [0.29, 0.717) is 6.61 Å². The minimum Gasteiger partial charge on any atom is -0.492 e. The predicted octanol–water partition coefficient (Wildman–Crippen LogP) is 2.27. The van der Waals surface area contributed by atoms with E-state index in [2.05, 4.69) is 11.4 Å². The van der Waals surface area contributed by atoms with Crippen molar-refractivity contribution in [1.29, 1.82) is 5.26 Å². The molecule has 1 aromatic rings. The molecule has 0 amide bonds. The second kappa shape index (κ2) is 5.13. The molecule has 0 aliphatic rings. The molecule has 3 nitrogen and oxygen atoms in total. The number of rotatable bonds is 4. The van der Waals surface area contributed by atoms with Crippen molar-refractivity contribution in [2.45, 2.75) is 6.92 Å². The molecular formula is C11H14N2O. The van der Waals surface area contributed by atoms with Gasteiger partial charge in [-0.05, 0) is 31.2 Å². The Bertz CT molecular complexity index is 313. The van der Waals surface area contributed by atoms with Crippen LogP contribution in [0.5, 0.6) is 5.75 Å². The van der Waals surface area contributed by atoms with Crippen LogP contribution in [0.25, 0.3) is 0 Å². The molecule has 1 unspecified atom stereocenters. The molecule has 3 heteroatoms. The van der Waals surface area contributed by atoms with Gasteiger partial charge in [-0.15, -0.1) is 0 Å². The van der Waals surface area contributed by atoms with Gasteiger partial charge in [-0.3, -0.25) is 0 Å². The molecule has 0 heterocycles. The molecule has 1 atom stereocenters. The summed E-state index contributed by atoms with van der Waals surface area (Å²) in [6.07, 6.45) is 0. The van der Waals surface area contributed by atoms with Gasteiger partial charge in [0.15, 0.2) is 0 Å². The zero-order chi connectivity index (χ0) is 10.4. The number of hydrogen-bond acceptors (Lipinski definition) is 3. The van der Waals surface area contributed by atoms with Crippen LogP contribution in [0.2, 0.25) is 0 Å². The summed E-state index contributed by atoms with van der Waals surface area (Å²) in [4.78, 5) is 0. The first-order valence-corrected chi connectivity index (χ1v) is 4.56. The monoisotopic (exact) mass is 190 g/mol. The third kappa shape index (κ3) is 2.98. The van der Waals surface area contributed by atoms with Crippen molar-refractivity contribution in [1.82, 2.24) is 0 Å². The van der Waals surface area contributed by atoms with Crippen LogP contribution in [0.3, 0.4) is 0 Å². The Hall–Kier alpha value is -1.69. The molecule has 1 rings (SSSR count). The topological polar surface area (TPSA) is 45.0 Å². The van der Waals surface area contributed by atoms with Crippen LogP contribution in [-0.2, 0) is 0 Å². The van der Waals surface area contributed by atoms with Crippen molar-refractivity contribution in [3.8, 4) is 11.8 Å². The second-order valence-electron chi connectivity index (χ2n) is 3.12. The van der Waals surface area contributed by atoms with E-state index in [4.69, 9.17) is 10.00 Å². The molecule has 0 aliphatic heterocycles. The molecule has 1 N–H and O–H groups in total. The highest BCUT2D eigenvalue weighted by Crippen LogP contribution is 2.15. The van der Waals surface area contributed by atoms with E-state index in [1.165, 1.54) is 0 Å². The molecule has 0 aromatic heterocycles. The maximum absolute atomic E-state index is 8.55. The molecule has 74 valence electrons. The lowest BCUT2D eigenvalue weighted by Crippen LogP contribution is -2.05. The van der Waals surface area contributed by atoms with Crippen LogP contribution >= 0.6 is 0 Å². The Morgan fingerprint density at radius 2 is 2.07 bits per heavy atom. The molecule has 0 fully saturated rings. The summed E-state index contributed by atoms with van der Waals surface area (Å²) in [6.45, 7) is 2.28. The Kier molecular flexibility index (Phi) is 3.81. The summed E-state index contributed by atoms with van der Waals surface area (Å²) >= 11 is 0. The summed E-state index contributed by atoms with van der Waals surface area (Å²) in [7, 11) is 1.87. The fourth-order valence-corrected chi connectivity index (χ4v) is 0.976. The van der Waals surface area contributed by atoms with Gasteiger partial charge in [0.2, 0.25) is 0 Å². The van der Waals surface area contributed by atoms with Crippen LogP contribution in [0.1, 0.15) is 6.92 Å². The number of anilines is 1. The van der Waals surface area contributed by atoms with E-state index in [1.807, 2.05) is 38.2 Å². The Labute approximate surface area is 84.3 Å². The van der Waals surface area contributed by atoms with Crippen molar-refractivity contribution in [2.75, 3.05) is 19.0 Å².